The molecule has 164 valence electrons. The minimum atomic E-state index is -0.00892. The summed E-state index contributed by atoms with van der Waals surface area (Å²) in [5, 5.41) is 0. The second kappa shape index (κ2) is 8.21. The fourth-order valence-corrected chi connectivity index (χ4v) is 6.10. The van der Waals surface area contributed by atoms with E-state index >= 15 is 0 Å². The van der Waals surface area contributed by atoms with E-state index in [1.807, 2.05) is 17.1 Å². The maximum atomic E-state index is 13.7. The Morgan fingerprint density at radius 2 is 1.81 bits per heavy atom. The van der Waals surface area contributed by atoms with Crippen molar-refractivity contribution in [1.29, 1.82) is 0 Å². The molecule has 0 N–H and O–H groups in total. The lowest BCUT2D eigenvalue weighted by Gasteiger charge is -2.46. The van der Waals surface area contributed by atoms with Gasteiger partial charge < -0.3 is 14.4 Å². The van der Waals surface area contributed by atoms with Gasteiger partial charge in [0.15, 0.2) is 0 Å². The van der Waals surface area contributed by atoms with E-state index in [4.69, 9.17) is 0 Å². The van der Waals surface area contributed by atoms with Crippen LogP contribution in [-0.4, -0.2) is 51.4 Å². The van der Waals surface area contributed by atoms with Crippen LogP contribution < -0.4 is 0 Å². The Morgan fingerprint density at radius 1 is 1.00 bits per heavy atom. The Kier molecular flexibility index (Phi) is 5.07. The first-order valence-electron chi connectivity index (χ1n) is 11.9. The van der Waals surface area contributed by atoms with Crippen molar-refractivity contribution in [2.45, 2.75) is 31.7 Å². The molecule has 0 unspecified atom stereocenters. The molecule has 3 fully saturated rings. The van der Waals surface area contributed by atoms with Crippen molar-refractivity contribution in [3.05, 3.63) is 83.9 Å². The molecular weight excluding hydrogens is 396 g/mol. The maximum absolute atomic E-state index is 13.7. The van der Waals surface area contributed by atoms with Gasteiger partial charge in [-0.05, 0) is 73.0 Å². The van der Waals surface area contributed by atoms with Crippen LogP contribution in [-0.2, 0) is 11.2 Å². The van der Waals surface area contributed by atoms with Gasteiger partial charge in [0.1, 0.15) is 0 Å². The molecule has 2 bridgehead atoms. The zero-order chi connectivity index (χ0) is 21.5. The molecule has 3 aromatic rings. The van der Waals surface area contributed by atoms with Crippen molar-refractivity contribution >= 4 is 5.91 Å². The molecule has 2 aromatic carbocycles. The number of hydrogen-bond donors (Lipinski definition) is 0. The molecule has 1 amide bonds. The molecule has 5 nitrogen and oxygen atoms in total. The van der Waals surface area contributed by atoms with Crippen molar-refractivity contribution < 1.29 is 4.79 Å². The Labute approximate surface area is 189 Å². The number of carbonyl (C=O) groups is 1. The lowest BCUT2D eigenvalue weighted by Crippen LogP contribution is -2.49. The predicted molar refractivity (Wildman–Crippen MR) is 125 cm³/mol. The highest BCUT2D eigenvalue weighted by molar-refractivity contribution is 5.78. The molecule has 3 saturated heterocycles. The number of rotatable bonds is 4. The Hall–Kier alpha value is -2.92. The number of benzene rings is 2. The molecule has 0 radical (unpaired) electrons. The van der Waals surface area contributed by atoms with Gasteiger partial charge in [0.05, 0.1) is 12.4 Å². The van der Waals surface area contributed by atoms with Gasteiger partial charge in [0, 0.05) is 37.6 Å². The zero-order valence-electron chi connectivity index (χ0n) is 18.4. The average Bonchev–Trinajstić information content (AvgIpc) is 3.39. The summed E-state index contributed by atoms with van der Waals surface area (Å²) in [5.74, 6) is 1.57. The highest BCUT2D eigenvalue weighted by atomic mass is 16.2. The summed E-state index contributed by atoms with van der Waals surface area (Å²) in [4.78, 5) is 22.5. The molecule has 4 aliphatic heterocycles. The Bertz CT molecular complexity index is 1080. The van der Waals surface area contributed by atoms with Gasteiger partial charge in [-0.3, -0.25) is 4.79 Å². The Balaban J connectivity index is 1.30. The van der Waals surface area contributed by atoms with Crippen LogP contribution >= 0.6 is 0 Å². The summed E-state index contributed by atoms with van der Waals surface area (Å²) < 4.78 is 2.01. The lowest BCUT2D eigenvalue weighted by atomic mass is 9.77. The molecule has 5 heterocycles. The third kappa shape index (κ3) is 3.55. The number of amides is 1. The summed E-state index contributed by atoms with van der Waals surface area (Å²) in [6, 6.07) is 17.2. The third-order valence-corrected chi connectivity index (χ3v) is 7.84. The van der Waals surface area contributed by atoms with E-state index in [-0.39, 0.29) is 6.04 Å². The van der Waals surface area contributed by atoms with Gasteiger partial charge in [0.2, 0.25) is 5.91 Å². The molecule has 2 atom stereocenters. The Morgan fingerprint density at radius 3 is 2.53 bits per heavy atom. The fraction of sp³-hybridized carbons (Fsp3) is 0.407. The highest BCUT2D eigenvalue weighted by Gasteiger charge is 2.38. The number of aromatic nitrogens is 2. The molecule has 4 aliphatic rings. The van der Waals surface area contributed by atoms with E-state index in [1.165, 1.54) is 42.6 Å². The second-order valence-electron chi connectivity index (χ2n) is 9.60. The summed E-state index contributed by atoms with van der Waals surface area (Å²) >= 11 is 0. The second-order valence-corrected chi connectivity index (χ2v) is 9.60. The van der Waals surface area contributed by atoms with E-state index in [1.54, 1.807) is 6.20 Å². The van der Waals surface area contributed by atoms with Crippen LogP contribution in [0.15, 0.2) is 67.3 Å². The van der Waals surface area contributed by atoms with Gasteiger partial charge in [-0.2, -0.15) is 0 Å². The van der Waals surface area contributed by atoms with E-state index < -0.39 is 0 Å². The van der Waals surface area contributed by atoms with Crippen LogP contribution in [0.25, 0.3) is 5.69 Å². The molecule has 32 heavy (non-hydrogen) atoms. The number of hydrogen-bond acceptors (Lipinski definition) is 3. The smallest absolute Gasteiger partial charge is 0.223 e. The van der Waals surface area contributed by atoms with Gasteiger partial charge in [-0.25, -0.2) is 4.98 Å². The maximum Gasteiger partial charge on any atom is 0.223 e. The van der Waals surface area contributed by atoms with E-state index in [9.17, 15) is 4.79 Å². The lowest BCUT2D eigenvalue weighted by molar-refractivity contribution is -0.136. The number of fused-ring (bicyclic) bond motifs is 4. The van der Waals surface area contributed by atoms with Gasteiger partial charge >= 0.3 is 0 Å². The summed E-state index contributed by atoms with van der Waals surface area (Å²) in [6.45, 7) is 4.34. The molecule has 0 spiro atoms. The zero-order valence-corrected chi connectivity index (χ0v) is 18.4. The van der Waals surface area contributed by atoms with Gasteiger partial charge in [-0.1, -0.05) is 36.4 Å². The van der Waals surface area contributed by atoms with Gasteiger partial charge in [-0.15, -0.1) is 0 Å². The van der Waals surface area contributed by atoms with Crippen LogP contribution in [0.1, 0.15) is 42.0 Å². The quantitative estimate of drug-likeness (QED) is 0.631. The number of nitrogens with zero attached hydrogens (tertiary/aromatic N) is 4. The largest absolute Gasteiger partial charge is 0.331 e. The molecule has 0 aliphatic carbocycles. The molecule has 5 heteroatoms. The van der Waals surface area contributed by atoms with E-state index in [0.29, 0.717) is 18.2 Å². The standard InChI is InChI=1S/C27H30N4O/c32-26(17-23-18-29-13-9-20(23)10-14-29)31-15-11-21-3-1-2-4-25(21)27(31)22-5-7-24(8-6-22)30-16-12-28-19-30/h1-8,12,16,19-20,23,27H,9-11,13-15,17-18H2/t23-,27-/m1/s1. The molecular formula is C27H30N4O. The molecule has 1 aromatic heterocycles. The van der Waals surface area contributed by atoms with Gasteiger partial charge in [0.25, 0.3) is 0 Å². The van der Waals surface area contributed by atoms with Crippen molar-refractivity contribution in [2.24, 2.45) is 11.8 Å². The number of imidazole rings is 1. The summed E-state index contributed by atoms with van der Waals surface area (Å²) in [5.41, 5.74) is 4.91. The van der Waals surface area contributed by atoms with E-state index in [0.717, 1.165) is 31.1 Å². The topological polar surface area (TPSA) is 41.4 Å². The normalized spacial score (nSPS) is 26.7. The van der Waals surface area contributed by atoms with E-state index in [2.05, 4.69) is 63.3 Å². The van der Waals surface area contributed by atoms with Crippen molar-refractivity contribution in [3.8, 4) is 5.69 Å². The predicted octanol–water partition coefficient (Wildman–Crippen LogP) is 4.08. The molecule has 7 rings (SSSR count). The highest BCUT2D eigenvalue weighted by Crippen LogP contribution is 2.39. The minimum Gasteiger partial charge on any atom is -0.331 e. The van der Waals surface area contributed by atoms with Crippen LogP contribution in [0.4, 0.5) is 0 Å². The van der Waals surface area contributed by atoms with Crippen LogP contribution in [0, 0.1) is 11.8 Å². The summed E-state index contributed by atoms with van der Waals surface area (Å²) in [6.07, 6.45) is 9.71. The van der Waals surface area contributed by atoms with Crippen LogP contribution in [0.3, 0.4) is 0 Å². The van der Waals surface area contributed by atoms with Crippen molar-refractivity contribution in [3.63, 3.8) is 0 Å². The monoisotopic (exact) mass is 426 g/mol. The molecule has 0 saturated carbocycles. The third-order valence-electron chi connectivity index (χ3n) is 7.84. The average molecular weight is 427 g/mol. The minimum absolute atomic E-state index is 0.00892. The SMILES string of the molecule is O=C(C[C@@H]1CN2CCC1CC2)N1CCc2ccccc2[C@H]1c1ccc(-n2ccnc2)cc1. The first-order chi connectivity index (χ1) is 15.8. The number of carbonyl (C=O) groups excluding carboxylic acids is 1. The first-order valence-corrected chi connectivity index (χ1v) is 11.9. The first kappa shape index (κ1) is 19.7. The number of piperidine rings is 3. The van der Waals surface area contributed by atoms with Crippen LogP contribution in [0.2, 0.25) is 0 Å². The van der Waals surface area contributed by atoms with Crippen molar-refractivity contribution in [1.82, 2.24) is 19.4 Å². The van der Waals surface area contributed by atoms with Crippen LogP contribution in [0.5, 0.6) is 0 Å². The summed E-state index contributed by atoms with van der Waals surface area (Å²) in [7, 11) is 0. The van der Waals surface area contributed by atoms with Crippen molar-refractivity contribution in [2.75, 3.05) is 26.2 Å². The fourth-order valence-electron chi connectivity index (χ4n) is 6.10.